The van der Waals surface area contributed by atoms with Crippen LogP contribution in [0.25, 0.3) is 11.1 Å². The fourth-order valence-electron chi connectivity index (χ4n) is 1.70. The van der Waals surface area contributed by atoms with E-state index in [1.165, 1.54) is 5.56 Å². The van der Waals surface area contributed by atoms with E-state index in [4.69, 9.17) is 0 Å². The van der Waals surface area contributed by atoms with Gasteiger partial charge in [-0.25, -0.2) is 0 Å². The smallest absolute Gasteiger partial charge is 0.0349 e. The SMILES string of the molecule is CC(=C=C(C)c1cccnc1)c1ccccc1. The van der Waals surface area contributed by atoms with Crippen LogP contribution in [0.1, 0.15) is 25.0 Å². The number of aromatic nitrogens is 1. The summed E-state index contributed by atoms with van der Waals surface area (Å²) >= 11 is 0. The van der Waals surface area contributed by atoms with Gasteiger partial charge in [-0.15, -0.1) is 5.73 Å². The van der Waals surface area contributed by atoms with Crippen LogP contribution in [0.2, 0.25) is 0 Å². The van der Waals surface area contributed by atoms with Crippen molar-refractivity contribution >= 4 is 11.1 Å². The van der Waals surface area contributed by atoms with Gasteiger partial charge >= 0.3 is 0 Å². The number of allylic oxidation sites excluding steroid dienone is 1. The van der Waals surface area contributed by atoms with Crippen LogP contribution in [0, 0.1) is 0 Å². The molecule has 0 unspecified atom stereocenters. The highest BCUT2D eigenvalue weighted by atomic mass is 14.6. The normalized spacial score (nSPS) is 9.53. The lowest BCUT2D eigenvalue weighted by Gasteiger charge is -1.99. The Bertz CT molecular complexity index is 497. The average molecular weight is 221 g/mol. The molecule has 0 amide bonds. The van der Waals surface area contributed by atoms with Gasteiger partial charge in [0.1, 0.15) is 0 Å². The van der Waals surface area contributed by atoms with Crippen molar-refractivity contribution in [3.05, 3.63) is 71.7 Å². The lowest BCUT2D eigenvalue weighted by atomic mass is 10.1. The van der Waals surface area contributed by atoms with Gasteiger partial charge in [-0.2, -0.15) is 0 Å². The molecule has 2 rings (SSSR count). The third-order valence-electron chi connectivity index (χ3n) is 2.68. The standard InChI is InChI=1S/C16H15N/c1-13(15-7-4-3-5-8-15)11-14(2)16-9-6-10-17-12-16/h3-10,12H,1-2H3. The number of benzene rings is 1. The quantitative estimate of drug-likeness (QED) is 0.693. The first-order chi connectivity index (χ1) is 8.27. The Morgan fingerprint density at radius 3 is 2.18 bits per heavy atom. The van der Waals surface area contributed by atoms with E-state index in [0.29, 0.717) is 0 Å². The maximum absolute atomic E-state index is 4.12. The summed E-state index contributed by atoms with van der Waals surface area (Å²) in [5, 5.41) is 0. The Balaban J connectivity index is 2.42. The Morgan fingerprint density at radius 2 is 1.53 bits per heavy atom. The molecule has 0 aliphatic rings. The Labute approximate surface area is 102 Å². The third-order valence-corrected chi connectivity index (χ3v) is 2.68. The first-order valence-corrected chi connectivity index (χ1v) is 5.67. The van der Waals surface area contributed by atoms with Crippen LogP contribution in [0.5, 0.6) is 0 Å². The molecule has 1 heteroatoms. The minimum atomic E-state index is 1.11. The number of nitrogens with zero attached hydrogens (tertiary/aromatic N) is 1. The lowest BCUT2D eigenvalue weighted by Crippen LogP contribution is -1.80. The minimum absolute atomic E-state index is 1.11. The molecule has 1 nitrogen and oxygen atoms in total. The van der Waals surface area contributed by atoms with Crippen LogP contribution in [-0.2, 0) is 0 Å². The van der Waals surface area contributed by atoms with Gasteiger partial charge in [0.25, 0.3) is 0 Å². The molecule has 0 saturated carbocycles. The van der Waals surface area contributed by atoms with Gasteiger partial charge < -0.3 is 0 Å². The van der Waals surface area contributed by atoms with Crippen molar-refractivity contribution in [3.8, 4) is 0 Å². The van der Waals surface area contributed by atoms with Crippen molar-refractivity contribution in [2.24, 2.45) is 0 Å². The zero-order chi connectivity index (χ0) is 12.1. The van der Waals surface area contributed by atoms with Crippen molar-refractivity contribution in [1.82, 2.24) is 4.98 Å². The Kier molecular flexibility index (Phi) is 3.54. The van der Waals surface area contributed by atoms with Gasteiger partial charge in [-0.3, -0.25) is 4.98 Å². The predicted molar refractivity (Wildman–Crippen MR) is 72.4 cm³/mol. The summed E-state index contributed by atoms with van der Waals surface area (Å²) in [6.07, 6.45) is 3.64. The maximum atomic E-state index is 4.12. The van der Waals surface area contributed by atoms with Crippen LogP contribution in [0.4, 0.5) is 0 Å². The molecule has 1 aromatic carbocycles. The van der Waals surface area contributed by atoms with Crippen molar-refractivity contribution in [2.75, 3.05) is 0 Å². The molecule has 0 aliphatic heterocycles. The van der Waals surface area contributed by atoms with Gasteiger partial charge in [-0.05, 0) is 36.6 Å². The van der Waals surface area contributed by atoms with E-state index >= 15 is 0 Å². The summed E-state index contributed by atoms with van der Waals surface area (Å²) in [4.78, 5) is 4.12. The molecular weight excluding hydrogens is 206 g/mol. The first-order valence-electron chi connectivity index (χ1n) is 5.67. The zero-order valence-electron chi connectivity index (χ0n) is 10.1. The molecule has 0 spiro atoms. The molecule has 0 atom stereocenters. The van der Waals surface area contributed by atoms with Crippen LogP contribution in [0.15, 0.2) is 60.6 Å². The van der Waals surface area contributed by atoms with Crippen LogP contribution in [0.3, 0.4) is 0 Å². The highest BCUT2D eigenvalue weighted by Gasteiger charge is 1.95. The summed E-state index contributed by atoms with van der Waals surface area (Å²) in [7, 11) is 0. The zero-order valence-corrected chi connectivity index (χ0v) is 10.1. The second kappa shape index (κ2) is 5.29. The molecule has 1 aromatic heterocycles. The van der Waals surface area contributed by atoms with E-state index < -0.39 is 0 Å². The third kappa shape index (κ3) is 2.93. The Morgan fingerprint density at radius 1 is 0.882 bits per heavy atom. The molecule has 0 bridgehead atoms. The summed E-state index contributed by atoms with van der Waals surface area (Å²) in [5.41, 5.74) is 7.98. The molecule has 0 fully saturated rings. The van der Waals surface area contributed by atoms with E-state index in [1.807, 2.05) is 36.5 Å². The van der Waals surface area contributed by atoms with Gasteiger partial charge in [-0.1, -0.05) is 36.4 Å². The molecule has 0 aliphatic carbocycles. The summed E-state index contributed by atoms with van der Waals surface area (Å²) in [6, 6.07) is 14.3. The fourth-order valence-corrected chi connectivity index (χ4v) is 1.70. The fraction of sp³-hybridized carbons (Fsp3) is 0.125. The Hall–Kier alpha value is -2.11. The molecule has 1 heterocycles. The van der Waals surface area contributed by atoms with Gasteiger partial charge in [0.15, 0.2) is 0 Å². The number of pyridine rings is 1. The van der Waals surface area contributed by atoms with E-state index in [1.54, 1.807) is 6.20 Å². The monoisotopic (exact) mass is 221 g/mol. The molecule has 2 aromatic rings. The second-order valence-corrected chi connectivity index (χ2v) is 3.98. The highest BCUT2D eigenvalue weighted by molar-refractivity contribution is 5.72. The molecule has 0 saturated heterocycles. The molecule has 84 valence electrons. The van der Waals surface area contributed by atoms with Crippen molar-refractivity contribution in [2.45, 2.75) is 13.8 Å². The van der Waals surface area contributed by atoms with Crippen LogP contribution >= 0.6 is 0 Å². The minimum Gasteiger partial charge on any atom is -0.264 e. The topological polar surface area (TPSA) is 12.9 Å². The van der Waals surface area contributed by atoms with Crippen LogP contribution < -0.4 is 0 Å². The maximum Gasteiger partial charge on any atom is 0.0349 e. The summed E-state index contributed by atoms with van der Waals surface area (Å²) < 4.78 is 0. The second-order valence-electron chi connectivity index (χ2n) is 3.98. The van der Waals surface area contributed by atoms with Crippen molar-refractivity contribution < 1.29 is 0 Å². The first kappa shape index (κ1) is 11.4. The molecular formula is C16H15N. The van der Waals surface area contributed by atoms with E-state index in [-0.39, 0.29) is 0 Å². The average Bonchev–Trinajstić information content (AvgIpc) is 2.40. The van der Waals surface area contributed by atoms with Crippen LogP contribution in [-0.4, -0.2) is 4.98 Å². The summed E-state index contributed by atoms with van der Waals surface area (Å²) in [5.74, 6) is 0. The van der Waals surface area contributed by atoms with E-state index in [0.717, 1.165) is 16.7 Å². The van der Waals surface area contributed by atoms with Gasteiger partial charge in [0.2, 0.25) is 0 Å². The van der Waals surface area contributed by atoms with E-state index in [9.17, 15) is 0 Å². The number of hydrogen-bond acceptors (Lipinski definition) is 1. The summed E-state index contributed by atoms with van der Waals surface area (Å²) in [6.45, 7) is 4.14. The predicted octanol–water partition coefficient (Wildman–Crippen LogP) is 4.19. The molecule has 17 heavy (non-hydrogen) atoms. The number of hydrogen-bond donors (Lipinski definition) is 0. The van der Waals surface area contributed by atoms with E-state index in [2.05, 4.69) is 36.7 Å². The van der Waals surface area contributed by atoms with Crippen molar-refractivity contribution in [1.29, 1.82) is 0 Å². The van der Waals surface area contributed by atoms with Gasteiger partial charge in [0.05, 0.1) is 0 Å². The highest BCUT2D eigenvalue weighted by Crippen LogP contribution is 2.16. The molecule has 0 N–H and O–H groups in total. The number of rotatable bonds is 2. The van der Waals surface area contributed by atoms with Gasteiger partial charge in [0, 0.05) is 18.0 Å². The van der Waals surface area contributed by atoms with Crippen molar-refractivity contribution in [3.63, 3.8) is 0 Å². The lowest BCUT2D eigenvalue weighted by molar-refractivity contribution is 1.30. The largest absolute Gasteiger partial charge is 0.264 e. The molecule has 0 radical (unpaired) electrons.